The second-order valence-electron chi connectivity index (χ2n) is 3.28. The average Bonchev–Trinajstić information content (AvgIpc) is 2.81. The summed E-state index contributed by atoms with van der Waals surface area (Å²) in [7, 11) is 0. The normalized spacial score (nSPS) is 12.3. The Morgan fingerprint density at radius 3 is 2.56 bits per heavy atom. The van der Waals surface area contributed by atoms with Gasteiger partial charge in [-0.25, -0.2) is 4.98 Å². The lowest BCUT2D eigenvalue weighted by atomic mass is 10.1. The molecule has 3 N–H and O–H groups in total. The van der Waals surface area contributed by atoms with E-state index in [1.54, 1.807) is 30.5 Å². The second kappa shape index (κ2) is 4.16. The van der Waals surface area contributed by atoms with Gasteiger partial charge in [-0.05, 0) is 17.7 Å². The number of carboxylic acids is 1. The summed E-state index contributed by atoms with van der Waals surface area (Å²) in [4.78, 5) is 14.6. The van der Waals surface area contributed by atoms with E-state index in [0.29, 0.717) is 11.5 Å². The summed E-state index contributed by atoms with van der Waals surface area (Å²) in [5.74, 6) is -0.556. The molecule has 5 nitrogen and oxygen atoms in total. The zero-order valence-corrected chi connectivity index (χ0v) is 8.33. The number of hydrogen-bond acceptors (Lipinski definition) is 4. The maximum absolute atomic E-state index is 10.7. The van der Waals surface area contributed by atoms with Gasteiger partial charge < -0.3 is 15.3 Å². The Hall–Kier alpha value is -2.14. The van der Waals surface area contributed by atoms with Crippen molar-refractivity contribution < 1.29 is 14.3 Å². The molecule has 0 saturated heterocycles. The Morgan fingerprint density at radius 2 is 2.06 bits per heavy atom. The van der Waals surface area contributed by atoms with E-state index in [1.165, 1.54) is 6.26 Å². The van der Waals surface area contributed by atoms with Gasteiger partial charge in [0.2, 0.25) is 5.89 Å². The van der Waals surface area contributed by atoms with Crippen molar-refractivity contribution in [3.63, 3.8) is 0 Å². The van der Waals surface area contributed by atoms with Gasteiger partial charge in [0.15, 0.2) is 0 Å². The second-order valence-corrected chi connectivity index (χ2v) is 3.28. The first kappa shape index (κ1) is 10.4. The first-order valence-electron chi connectivity index (χ1n) is 4.66. The summed E-state index contributed by atoms with van der Waals surface area (Å²) in [5.41, 5.74) is 6.80. The summed E-state index contributed by atoms with van der Waals surface area (Å²) >= 11 is 0. The van der Waals surface area contributed by atoms with E-state index in [0.717, 1.165) is 5.56 Å². The zero-order valence-electron chi connectivity index (χ0n) is 8.33. The summed E-state index contributed by atoms with van der Waals surface area (Å²) in [6.45, 7) is 0. The van der Waals surface area contributed by atoms with Crippen molar-refractivity contribution in [3.8, 4) is 11.5 Å². The standard InChI is InChI=1S/C11H10N2O3/c12-9(11(14)15)7-1-3-8(4-2-7)10-13-5-6-16-10/h1-6,9H,12H2,(H,14,15). The monoisotopic (exact) mass is 218 g/mol. The van der Waals surface area contributed by atoms with E-state index in [9.17, 15) is 4.79 Å². The molecule has 1 atom stereocenters. The molecule has 0 radical (unpaired) electrons. The van der Waals surface area contributed by atoms with Crippen LogP contribution in [0.15, 0.2) is 41.1 Å². The third kappa shape index (κ3) is 1.94. The number of carboxylic acid groups (broad SMARTS) is 1. The summed E-state index contributed by atoms with van der Waals surface area (Å²) < 4.78 is 5.11. The Kier molecular flexibility index (Phi) is 2.70. The Morgan fingerprint density at radius 1 is 1.38 bits per heavy atom. The number of rotatable bonds is 3. The minimum atomic E-state index is -1.05. The molecule has 0 bridgehead atoms. The molecule has 0 aliphatic carbocycles. The third-order valence-electron chi connectivity index (χ3n) is 2.22. The molecule has 1 aromatic heterocycles. The first-order chi connectivity index (χ1) is 7.68. The number of aliphatic carboxylic acids is 1. The fourth-order valence-corrected chi connectivity index (χ4v) is 1.34. The van der Waals surface area contributed by atoms with E-state index in [-0.39, 0.29) is 0 Å². The molecule has 82 valence electrons. The number of oxazole rings is 1. The molecule has 0 saturated carbocycles. The van der Waals surface area contributed by atoms with Crippen molar-refractivity contribution in [3.05, 3.63) is 42.3 Å². The molecule has 1 heterocycles. The molecular formula is C11H10N2O3. The fourth-order valence-electron chi connectivity index (χ4n) is 1.34. The summed E-state index contributed by atoms with van der Waals surface area (Å²) in [6.07, 6.45) is 3.03. The van der Waals surface area contributed by atoms with Crippen LogP contribution in [0.25, 0.3) is 11.5 Å². The van der Waals surface area contributed by atoms with E-state index < -0.39 is 12.0 Å². The summed E-state index contributed by atoms with van der Waals surface area (Å²) in [5, 5.41) is 8.73. The highest BCUT2D eigenvalue weighted by molar-refractivity contribution is 5.75. The fraction of sp³-hybridized carbons (Fsp3) is 0.0909. The number of aromatic nitrogens is 1. The number of nitrogens with zero attached hydrogens (tertiary/aromatic N) is 1. The molecule has 1 unspecified atom stereocenters. The molecular weight excluding hydrogens is 208 g/mol. The lowest BCUT2D eigenvalue weighted by molar-refractivity contribution is -0.138. The van der Waals surface area contributed by atoms with Gasteiger partial charge in [0.05, 0.1) is 6.20 Å². The van der Waals surface area contributed by atoms with Crippen molar-refractivity contribution in [1.82, 2.24) is 4.98 Å². The maximum atomic E-state index is 10.7. The zero-order chi connectivity index (χ0) is 11.5. The highest BCUT2D eigenvalue weighted by Crippen LogP contribution is 2.19. The van der Waals surface area contributed by atoms with Crippen LogP contribution in [0.1, 0.15) is 11.6 Å². The van der Waals surface area contributed by atoms with Crippen LogP contribution in [0.4, 0.5) is 0 Å². The number of nitrogens with two attached hydrogens (primary N) is 1. The quantitative estimate of drug-likeness (QED) is 0.813. The molecule has 0 spiro atoms. The molecule has 0 aliphatic heterocycles. The maximum Gasteiger partial charge on any atom is 0.325 e. The SMILES string of the molecule is NC(C(=O)O)c1ccc(-c2ncco2)cc1. The van der Waals surface area contributed by atoms with E-state index in [4.69, 9.17) is 15.3 Å². The topological polar surface area (TPSA) is 89.4 Å². The molecule has 0 fully saturated rings. The highest BCUT2D eigenvalue weighted by atomic mass is 16.4. The van der Waals surface area contributed by atoms with Gasteiger partial charge >= 0.3 is 5.97 Å². The van der Waals surface area contributed by atoms with Crippen LogP contribution in [0.5, 0.6) is 0 Å². The van der Waals surface area contributed by atoms with Crippen molar-refractivity contribution in [2.75, 3.05) is 0 Å². The van der Waals surface area contributed by atoms with Gasteiger partial charge in [-0.1, -0.05) is 12.1 Å². The van der Waals surface area contributed by atoms with Crippen LogP contribution < -0.4 is 5.73 Å². The van der Waals surface area contributed by atoms with E-state index >= 15 is 0 Å². The highest BCUT2D eigenvalue weighted by Gasteiger charge is 2.14. The van der Waals surface area contributed by atoms with Gasteiger partial charge in [0.1, 0.15) is 12.3 Å². The lowest BCUT2D eigenvalue weighted by Crippen LogP contribution is -2.20. The molecule has 0 aliphatic rings. The predicted octanol–water partition coefficient (Wildman–Crippen LogP) is 1.43. The van der Waals surface area contributed by atoms with Gasteiger partial charge in [-0.2, -0.15) is 0 Å². The van der Waals surface area contributed by atoms with Crippen molar-refractivity contribution >= 4 is 5.97 Å². The largest absolute Gasteiger partial charge is 0.480 e. The van der Waals surface area contributed by atoms with Crippen LogP contribution in [0.3, 0.4) is 0 Å². The van der Waals surface area contributed by atoms with Crippen LogP contribution in [0, 0.1) is 0 Å². The molecule has 16 heavy (non-hydrogen) atoms. The molecule has 0 amide bonds. The lowest BCUT2D eigenvalue weighted by Gasteiger charge is -2.06. The summed E-state index contributed by atoms with van der Waals surface area (Å²) in [6, 6.07) is 5.75. The van der Waals surface area contributed by atoms with Crippen LogP contribution >= 0.6 is 0 Å². The Bertz CT molecular complexity index is 476. The van der Waals surface area contributed by atoms with Crippen LogP contribution in [-0.2, 0) is 4.79 Å². The van der Waals surface area contributed by atoms with Crippen molar-refractivity contribution in [2.24, 2.45) is 5.73 Å². The van der Waals surface area contributed by atoms with Crippen LogP contribution in [-0.4, -0.2) is 16.1 Å². The van der Waals surface area contributed by atoms with E-state index in [2.05, 4.69) is 4.98 Å². The molecule has 2 rings (SSSR count). The number of benzene rings is 1. The smallest absolute Gasteiger partial charge is 0.325 e. The molecule has 1 aromatic carbocycles. The van der Waals surface area contributed by atoms with Crippen molar-refractivity contribution in [1.29, 1.82) is 0 Å². The van der Waals surface area contributed by atoms with Gasteiger partial charge in [0, 0.05) is 5.56 Å². The van der Waals surface area contributed by atoms with E-state index in [1.807, 2.05) is 0 Å². The molecule has 2 aromatic rings. The third-order valence-corrected chi connectivity index (χ3v) is 2.22. The van der Waals surface area contributed by atoms with Crippen molar-refractivity contribution in [2.45, 2.75) is 6.04 Å². The van der Waals surface area contributed by atoms with Gasteiger partial charge in [-0.15, -0.1) is 0 Å². The Balaban J connectivity index is 2.26. The predicted molar refractivity (Wildman–Crippen MR) is 56.5 cm³/mol. The Labute approximate surface area is 91.5 Å². The number of hydrogen-bond donors (Lipinski definition) is 2. The minimum absolute atomic E-state index is 0.496. The van der Waals surface area contributed by atoms with Gasteiger partial charge in [0.25, 0.3) is 0 Å². The molecule has 5 heteroatoms. The van der Waals surface area contributed by atoms with Crippen LogP contribution in [0.2, 0.25) is 0 Å². The number of carbonyl (C=O) groups is 1. The average molecular weight is 218 g/mol. The first-order valence-corrected chi connectivity index (χ1v) is 4.66. The van der Waals surface area contributed by atoms with Gasteiger partial charge in [-0.3, -0.25) is 4.79 Å². The minimum Gasteiger partial charge on any atom is -0.480 e.